The lowest BCUT2D eigenvalue weighted by atomic mass is 9.91. The van der Waals surface area contributed by atoms with Crippen LogP contribution in [0.4, 0.5) is 4.79 Å². The molecule has 1 aliphatic rings. The molecule has 1 aromatic heterocycles. The molecule has 1 saturated heterocycles. The number of alkyl carbamates (subject to hydrolysis) is 1. The number of ether oxygens (including phenoxy) is 3. The minimum atomic E-state index is -4.21. The number of carboxylic acid groups (broad SMARTS) is 1. The molecule has 0 radical (unpaired) electrons. The van der Waals surface area contributed by atoms with E-state index < -0.39 is 55.6 Å². The average Bonchev–Trinajstić information content (AvgIpc) is 3.24. The number of carboxylic acids is 1. The summed E-state index contributed by atoms with van der Waals surface area (Å²) in [5.41, 5.74) is -1.49. The van der Waals surface area contributed by atoms with E-state index in [1.807, 2.05) is 32.6 Å². The fraction of sp³-hybridized carbons (Fsp3) is 0.667. The van der Waals surface area contributed by atoms with E-state index in [1.165, 1.54) is 42.3 Å². The Labute approximate surface area is 416 Å². The number of nitrogens with one attached hydrogen (secondary N) is 1. The Morgan fingerprint density at radius 1 is 0.786 bits per heavy atom. The van der Waals surface area contributed by atoms with Crippen LogP contribution in [0, 0.1) is 5.41 Å². The van der Waals surface area contributed by atoms with E-state index in [0.29, 0.717) is 63.5 Å². The maximum Gasteiger partial charge on any atom is 0.408 e. The molecule has 18 nitrogen and oxygen atoms in total. The number of piperidine rings is 1. The Morgan fingerprint density at radius 2 is 1.39 bits per heavy atom. The maximum atomic E-state index is 14.2. The molecule has 2 aromatic rings. The SMILES string of the molecule is CCN(CCN(CCN(CC(=O)O)CC(=O)CCCCC[C@H](NC(=O)OC(C)(C)C)C(=O)N1CCC(C(C)=O)(S(=O)(=O)c2ccc(Oc3cccnc3)cc2)CC1)CC(C)(C)C)CC(=O)OC(C)(C)C. The van der Waals surface area contributed by atoms with Crippen LogP contribution in [0.5, 0.6) is 11.5 Å². The lowest BCUT2D eigenvalue weighted by Crippen LogP contribution is -2.57. The fourth-order valence-electron chi connectivity index (χ4n) is 8.27. The van der Waals surface area contributed by atoms with Crippen molar-refractivity contribution in [1.82, 2.24) is 29.9 Å². The highest BCUT2D eigenvalue weighted by molar-refractivity contribution is 7.93. The van der Waals surface area contributed by atoms with Gasteiger partial charge in [0.25, 0.3) is 0 Å². The molecule has 2 N–H and O–H groups in total. The standard InChI is InChI=1S/C51H80N6O12S/c1-12-54(36-45(62)68-49(6,7)8)29-30-55(37-48(3,4)5)31-32-56(35-44(60)61)34-39(59)17-14-13-15-19-43(53-47(64)69-50(9,10)11)46(63)57-27-24-51(25-28-57,38(2)58)70(65,66)42-22-20-40(21-23-42)67-41-18-16-26-52-33-41/h16,18,20-23,26,33,43H,12-15,17,19,24-25,27-32,34-37H2,1-11H3,(H,53,64)(H,60,61)/t43-/m0/s1. The number of amides is 2. The van der Waals surface area contributed by atoms with E-state index in [2.05, 4.69) is 36.0 Å². The zero-order valence-corrected chi connectivity index (χ0v) is 44.3. The molecule has 0 saturated carbocycles. The predicted octanol–water partition coefficient (Wildman–Crippen LogP) is 6.41. The van der Waals surface area contributed by atoms with Gasteiger partial charge in [0.1, 0.15) is 39.3 Å². The quantitative estimate of drug-likeness (QED) is 0.0729. The number of aromatic nitrogens is 1. The van der Waals surface area contributed by atoms with Crippen LogP contribution >= 0.6 is 0 Å². The van der Waals surface area contributed by atoms with Crippen molar-refractivity contribution in [3.8, 4) is 11.5 Å². The number of ketones is 2. The second-order valence-electron chi connectivity index (χ2n) is 21.4. The van der Waals surface area contributed by atoms with Crippen molar-refractivity contribution in [3.05, 3.63) is 48.8 Å². The predicted molar refractivity (Wildman–Crippen MR) is 266 cm³/mol. The van der Waals surface area contributed by atoms with Crippen LogP contribution in [0.3, 0.4) is 0 Å². The summed E-state index contributed by atoms with van der Waals surface area (Å²) in [4.78, 5) is 89.4. The largest absolute Gasteiger partial charge is 0.480 e. The van der Waals surface area contributed by atoms with Crippen LogP contribution < -0.4 is 10.1 Å². The molecule has 3 rings (SSSR count). The molecule has 0 unspecified atom stereocenters. The first-order valence-electron chi connectivity index (χ1n) is 24.4. The van der Waals surface area contributed by atoms with Crippen molar-refractivity contribution in [2.24, 2.45) is 5.41 Å². The summed E-state index contributed by atoms with van der Waals surface area (Å²) in [5, 5.41) is 12.4. The first-order valence-corrected chi connectivity index (χ1v) is 25.8. The Bertz CT molecular complexity index is 2140. The third-order valence-corrected chi connectivity index (χ3v) is 14.2. The summed E-state index contributed by atoms with van der Waals surface area (Å²) in [6.45, 7) is 23.4. The zero-order valence-electron chi connectivity index (χ0n) is 43.5. The number of carbonyl (C=O) groups is 6. The summed E-state index contributed by atoms with van der Waals surface area (Å²) in [6.07, 6.45) is 3.86. The summed E-state index contributed by atoms with van der Waals surface area (Å²) in [5.74, 6) is -1.58. The number of likely N-dealkylation sites (N-methyl/N-ethyl adjacent to an activating group) is 1. The van der Waals surface area contributed by atoms with Crippen molar-refractivity contribution >= 4 is 45.3 Å². The highest BCUT2D eigenvalue weighted by atomic mass is 32.2. The van der Waals surface area contributed by atoms with Gasteiger partial charge in [-0.2, -0.15) is 0 Å². The van der Waals surface area contributed by atoms with Crippen molar-refractivity contribution in [2.75, 3.05) is 72.0 Å². The van der Waals surface area contributed by atoms with Crippen molar-refractivity contribution in [3.63, 3.8) is 0 Å². The van der Waals surface area contributed by atoms with E-state index >= 15 is 0 Å². The summed E-state index contributed by atoms with van der Waals surface area (Å²) < 4.78 is 43.3. The number of likely N-dealkylation sites (tertiary alicyclic amines) is 1. The van der Waals surface area contributed by atoms with Gasteiger partial charge in [0, 0.05) is 58.4 Å². The minimum absolute atomic E-state index is 0.0466. The second kappa shape index (κ2) is 26.5. The van der Waals surface area contributed by atoms with Crippen molar-refractivity contribution in [2.45, 2.75) is 148 Å². The summed E-state index contributed by atoms with van der Waals surface area (Å²) in [7, 11) is -4.21. The molecule has 1 aliphatic heterocycles. The number of carbonyl (C=O) groups excluding carboxylic acids is 5. The first-order chi connectivity index (χ1) is 32.5. The molecule has 70 heavy (non-hydrogen) atoms. The number of nitrogens with zero attached hydrogens (tertiary/aromatic N) is 5. The molecular formula is C51H80N6O12S. The van der Waals surface area contributed by atoms with Gasteiger partial charge in [0.2, 0.25) is 5.91 Å². The van der Waals surface area contributed by atoms with Gasteiger partial charge in [0.05, 0.1) is 30.7 Å². The monoisotopic (exact) mass is 1000 g/mol. The van der Waals surface area contributed by atoms with Crippen molar-refractivity contribution in [1.29, 1.82) is 0 Å². The number of benzene rings is 1. The minimum Gasteiger partial charge on any atom is -0.480 e. The van der Waals surface area contributed by atoms with Crippen LogP contribution in [0.25, 0.3) is 0 Å². The summed E-state index contributed by atoms with van der Waals surface area (Å²) in [6, 6.07) is 8.20. The molecule has 1 fully saturated rings. The van der Waals surface area contributed by atoms with Gasteiger partial charge in [-0.05, 0) is 123 Å². The van der Waals surface area contributed by atoms with Gasteiger partial charge in [-0.15, -0.1) is 0 Å². The smallest absolute Gasteiger partial charge is 0.408 e. The van der Waals surface area contributed by atoms with Gasteiger partial charge in [-0.1, -0.05) is 40.5 Å². The number of hydrogen-bond acceptors (Lipinski definition) is 15. The molecule has 1 atom stereocenters. The van der Waals surface area contributed by atoms with E-state index in [0.717, 1.165) is 6.54 Å². The van der Waals surface area contributed by atoms with Crippen LogP contribution in [-0.4, -0.2) is 168 Å². The highest BCUT2D eigenvalue weighted by Crippen LogP contribution is 2.38. The summed E-state index contributed by atoms with van der Waals surface area (Å²) >= 11 is 0. The number of sulfone groups is 1. The lowest BCUT2D eigenvalue weighted by molar-refractivity contribution is -0.156. The van der Waals surface area contributed by atoms with Crippen LogP contribution in [0.2, 0.25) is 0 Å². The number of esters is 1. The number of rotatable bonds is 27. The van der Waals surface area contributed by atoms with Gasteiger partial charge in [-0.25, -0.2) is 13.2 Å². The molecular weight excluding hydrogens is 921 g/mol. The topological polar surface area (TPSA) is 222 Å². The van der Waals surface area contributed by atoms with Crippen LogP contribution in [0.15, 0.2) is 53.7 Å². The number of unbranched alkanes of at least 4 members (excludes halogenated alkanes) is 2. The third-order valence-electron chi connectivity index (χ3n) is 11.6. The number of aliphatic carboxylic acids is 1. The van der Waals surface area contributed by atoms with E-state index in [9.17, 15) is 42.3 Å². The maximum absolute atomic E-state index is 14.2. The van der Waals surface area contributed by atoms with Crippen LogP contribution in [-0.2, 0) is 43.3 Å². The van der Waals surface area contributed by atoms with E-state index in [4.69, 9.17) is 14.2 Å². The van der Waals surface area contributed by atoms with Crippen LogP contribution in [0.1, 0.15) is 121 Å². The van der Waals surface area contributed by atoms with Gasteiger partial charge in [-0.3, -0.25) is 38.8 Å². The molecule has 392 valence electrons. The van der Waals surface area contributed by atoms with Gasteiger partial charge in [0.15, 0.2) is 15.6 Å². The first kappa shape index (κ1) is 59.3. The number of pyridine rings is 1. The van der Waals surface area contributed by atoms with Gasteiger partial charge >= 0.3 is 18.0 Å². The Hall–Kier alpha value is -4.98. The second-order valence-corrected chi connectivity index (χ2v) is 23.6. The average molecular weight is 1000 g/mol. The molecule has 0 spiro atoms. The lowest BCUT2D eigenvalue weighted by Gasteiger charge is -2.40. The molecule has 0 aliphatic carbocycles. The molecule has 19 heteroatoms. The molecule has 2 amide bonds. The highest BCUT2D eigenvalue weighted by Gasteiger charge is 2.51. The molecule has 0 bridgehead atoms. The molecule has 1 aromatic carbocycles. The number of hydrogen-bond donors (Lipinski definition) is 2. The Kier molecular flexibility index (Phi) is 22.4. The molecule has 2 heterocycles. The van der Waals surface area contributed by atoms with E-state index in [1.54, 1.807) is 44.0 Å². The number of Topliss-reactive ketones (excluding diaryl/α,β-unsaturated/α-hetero) is 2. The third kappa shape index (κ3) is 20.4. The zero-order chi connectivity index (χ0) is 52.5. The Morgan fingerprint density at radius 3 is 1.91 bits per heavy atom. The normalized spacial score (nSPS) is 14.9. The van der Waals surface area contributed by atoms with E-state index in [-0.39, 0.29) is 80.5 Å². The van der Waals surface area contributed by atoms with Gasteiger partial charge < -0.3 is 34.4 Å². The fourth-order valence-corrected chi connectivity index (χ4v) is 10.3. The van der Waals surface area contributed by atoms with Crippen molar-refractivity contribution < 1.29 is 56.5 Å². The Balaban J connectivity index is 1.61.